The first kappa shape index (κ1) is 12.9. The second-order valence-corrected chi connectivity index (χ2v) is 4.73. The molecule has 0 bridgehead atoms. The molecule has 3 heteroatoms. The van der Waals surface area contributed by atoms with Crippen LogP contribution in [0.25, 0.3) is 0 Å². The van der Waals surface area contributed by atoms with Gasteiger partial charge in [0, 0.05) is 31.2 Å². The van der Waals surface area contributed by atoms with Crippen molar-refractivity contribution < 1.29 is 4.74 Å². The Labute approximate surface area is 94.0 Å². The topological polar surface area (TPSA) is 38.5 Å². The molecule has 1 fully saturated rings. The van der Waals surface area contributed by atoms with Crippen molar-refractivity contribution in [2.45, 2.75) is 45.2 Å². The van der Waals surface area contributed by atoms with E-state index in [1.807, 2.05) is 0 Å². The maximum atomic E-state index is 5.89. The molecule has 0 amide bonds. The molecule has 1 rings (SSSR count). The summed E-state index contributed by atoms with van der Waals surface area (Å²) in [5.41, 5.74) is 5.89. The maximum absolute atomic E-state index is 5.89. The number of ether oxygens (including phenoxy) is 1. The lowest BCUT2D eigenvalue weighted by Crippen LogP contribution is -2.47. The van der Waals surface area contributed by atoms with Crippen molar-refractivity contribution in [3.8, 4) is 0 Å². The Morgan fingerprint density at radius 2 is 2.27 bits per heavy atom. The lowest BCUT2D eigenvalue weighted by Gasteiger charge is -2.35. The average molecular weight is 214 g/mol. The van der Waals surface area contributed by atoms with E-state index in [9.17, 15) is 0 Å². The smallest absolute Gasteiger partial charge is 0.0510 e. The molecular weight excluding hydrogens is 188 g/mol. The number of nitrogens with zero attached hydrogens (tertiary/aromatic N) is 1. The zero-order valence-corrected chi connectivity index (χ0v) is 10.4. The number of likely N-dealkylation sites (N-methyl/N-ethyl adjacent to an activating group) is 1. The second kappa shape index (κ2) is 6.46. The Kier molecular flexibility index (Phi) is 5.58. The largest absolute Gasteiger partial charge is 0.381 e. The molecule has 0 spiro atoms. The fourth-order valence-electron chi connectivity index (χ4n) is 2.50. The first-order valence-electron chi connectivity index (χ1n) is 6.20. The first-order chi connectivity index (χ1) is 7.20. The molecule has 2 N–H and O–H groups in total. The van der Waals surface area contributed by atoms with Gasteiger partial charge in [0.25, 0.3) is 0 Å². The van der Waals surface area contributed by atoms with Crippen molar-refractivity contribution in [3.05, 3.63) is 0 Å². The number of rotatable bonds is 6. The van der Waals surface area contributed by atoms with E-state index in [0.717, 1.165) is 19.8 Å². The summed E-state index contributed by atoms with van der Waals surface area (Å²) >= 11 is 0. The SMILES string of the molecule is CCCC(C)N(C)C(CN)C1CCOC1. The second-order valence-electron chi connectivity index (χ2n) is 4.73. The van der Waals surface area contributed by atoms with Crippen molar-refractivity contribution in [2.24, 2.45) is 11.7 Å². The van der Waals surface area contributed by atoms with E-state index in [1.165, 1.54) is 19.3 Å². The minimum absolute atomic E-state index is 0.494. The van der Waals surface area contributed by atoms with Crippen LogP contribution in [-0.4, -0.2) is 43.8 Å². The summed E-state index contributed by atoms with van der Waals surface area (Å²) in [5, 5.41) is 0. The highest BCUT2D eigenvalue weighted by Gasteiger charge is 2.29. The summed E-state index contributed by atoms with van der Waals surface area (Å²) in [6.45, 7) is 7.09. The third-order valence-corrected chi connectivity index (χ3v) is 3.68. The van der Waals surface area contributed by atoms with Crippen LogP contribution in [-0.2, 0) is 4.74 Å². The molecule has 3 atom stereocenters. The quantitative estimate of drug-likeness (QED) is 0.727. The van der Waals surface area contributed by atoms with E-state index in [-0.39, 0.29) is 0 Å². The van der Waals surface area contributed by atoms with E-state index in [4.69, 9.17) is 10.5 Å². The molecule has 0 aromatic heterocycles. The fraction of sp³-hybridized carbons (Fsp3) is 1.00. The van der Waals surface area contributed by atoms with Gasteiger partial charge in [-0.2, -0.15) is 0 Å². The zero-order valence-electron chi connectivity index (χ0n) is 10.4. The van der Waals surface area contributed by atoms with Crippen molar-refractivity contribution in [1.82, 2.24) is 4.90 Å². The lowest BCUT2D eigenvalue weighted by molar-refractivity contribution is 0.111. The van der Waals surface area contributed by atoms with E-state index in [0.29, 0.717) is 18.0 Å². The predicted octanol–water partition coefficient (Wildman–Crippen LogP) is 1.47. The van der Waals surface area contributed by atoms with Crippen LogP contribution < -0.4 is 5.73 Å². The molecule has 0 radical (unpaired) electrons. The molecule has 0 aromatic carbocycles. The Balaban J connectivity index is 2.48. The van der Waals surface area contributed by atoms with Crippen LogP contribution in [0, 0.1) is 5.92 Å². The van der Waals surface area contributed by atoms with Gasteiger partial charge >= 0.3 is 0 Å². The minimum atomic E-state index is 0.494. The molecule has 3 nitrogen and oxygen atoms in total. The summed E-state index contributed by atoms with van der Waals surface area (Å²) in [5.74, 6) is 0.638. The number of nitrogens with two attached hydrogens (primary N) is 1. The van der Waals surface area contributed by atoms with Gasteiger partial charge in [0.2, 0.25) is 0 Å². The maximum Gasteiger partial charge on any atom is 0.0510 e. The normalized spacial score (nSPS) is 25.8. The molecule has 0 aromatic rings. The third-order valence-electron chi connectivity index (χ3n) is 3.68. The van der Waals surface area contributed by atoms with E-state index < -0.39 is 0 Å². The molecule has 0 saturated carbocycles. The van der Waals surface area contributed by atoms with E-state index >= 15 is 0 Å². The first-order valence-corrected chi connectivity index (χ1v) is 6.20. The Morgan fingerprint density at radius 1 is 1.53 bits per heavy atom. The van der Waals surface area contributed by atoms with Crippen LogP contribution in [0.4, 0.5) is 0 Å². The summed E-state index contributed by atoms with van der Waals surface area (Å²) < 4.78 is 5.45. The Morgan fingerprint density at radius 3 is 2.73 bits per heavy atom. The van der Waals surface area contributed by atoms with Crippen molar-refractivity contribution in [3.63, 3.8) is 0 Å². The summed E-state index contributed by atoms with van der Waals surface area (Å²) in [6.07, 6.45) is 3.66. The van der Waals surface area contributed by atoms with Gasteiger partial charge in [-0.3, -0.25) is 4.90 Å². The van der Waals surface area contributed by atoms with Crippen molar-refractivity contribution in [1.29, 1.82) is 0 Å². The molecule has 90 valence electrons. The van der Waals surface area contributed by atoms with E-state index in [1.54, 1.807) is 0 Å². The highest BCUT2D eigenvalue weighted by molar-refractivity contribution is 4.83. The van der Waals surface area contributed by atoms with Crippen LogP contribution in [0.5, 0.6) is 0 Å². The third kappa shape index (κ3) is 3.44. The summed E-state index contributed by atoms with van der Waals surface area (Å²) in [7, 11) is 2.20. The molecule has 1 heterocycles. The van der Waals surface area contributed by atoms with Crippen LogP contribution in [0.2, 0.25) is 0 Å². The van der Waals surface area contributed by atoms with Crippen LogP contribution in [0.1, 0.15) is 33.1 Å². The van der Waals surface area contributed by atoms with Crippen LogP contribution in [0.15, 0.2) is 0 Å². The molecule has 1 saturated heterocycles. The fourth-order valence-corrected chi connectivity index (χ4v) is 2.50. The Bertz CT molecular complexity index is 169. The zero-order chi connectivity index (χ0) is 11.3. The molecular formula is C12H26N2O. The van der Waals surface area contributed by atoms with Crippen LogP contribution >= 0.6 is 0 Å². The standard InChI is InChI=1S/C12H26N2O/c1-4-5-10(2)14(3)12(8-13)11-6-7-15-9-11/h10-12H,4-9,13H2,1-3H3. The van der Waals surface area contributed by atoms with Gasteiger partial charge in [-0.05, 0) is 26.8 Å². The number of hydrogen-bond donors (Lipinski definition) is 1. The highest BCUT2D eigenvalue weighted by Crippen LogP contribution is 2.22. The van der Waals surface area contributed by atoms with Gasteiger partial charge in [0.15, 0.2) is 0 Å². The molecule has 0 aliphatic carbocycles. The van der Waals surface area contributed by atoms with Crippen LogP contribution in [0.3, 0.4) is 0 Å². The number of hydrogen-bond acceptors (Lipinski definition) is 3. The van der Waals surface area contributed by atoms with Gasteiger partial charge in [-0.25, -0.2) is 0 Å². The molecule has 15 heavy (non-hydrogen) atoms. The summed E-state index contributed by atoms with van der Waals surface area (Å²) in [6, 6.07) is 1.12. The van der Waals surface area contributed by atoms with Gasteiger partial charge in [0.05, 0.1) is 6.61 Å². The van der Waals surface area contributed by atoms with Crippen molar-refractivity contribution in [2.75, 3.05) is 26.8 Å². The predicted molar refractivity (Wildman–Crippen MR) is 63.9 cm³/mol. The minimum Gasteiger partial charge on any atom is -0.381 e. The molecule has 3 unspecified atom stereocenters. The lowest BCUT2D eigenvalue weighted by atomic mass is 9.96. The van der Waals surface area contributed by atoms with Gasteiger partial charge < -0.3 is 10.5 Å². The van der Waals surface area contributed by atoms with Gasteiger partial charge in [-0.1, -0.05) is 13.3 Å². The highest BCUT2D eigenvalue weighted by atomic mass is 16.5. The van der Waals surface area contributed by atoms with E-state index in [2.05, 4.69) is 25.8 Å². The molecule has 1 aliphatic rings. The summed E-state index contributed by atoms with van der Waals surface area (Å²) in [4.78, 5) is 2.45. The Hall–Kier alpha value is -0.120. The van der Waals surface area contributed by atoms with Gasteiger partial charge in [0.1, 0.15) is 0 Å². The van der Waals surface area contributed by atoms with Crippen molar-refractivity contribution >= 4 is 0 Å². The average Bonchev–Trinajstić information content (AvgIpc) is 2.72. The van der Waals surface area contributed by atoms with Gasteiger partial charge in [-0.15, -0.1) is 0 Å². The monoisotopic (exact) mass is 214 g/mol. The molecule has 1 aliphatic heterocycles.